The zero-order chi connectivity index (χ0) is 5.54. The van der Waals surface area contributed by atoms with Crippen molar-refractivity contribution in [3.8, 4) is 0 Å². The Morgan fingerprint density at radius 3 is 1.71 bits per heavy atom. The normalized spacial score (nSPS) is 9.14. The maximum atomic E-state index is 4.95. The number of hydrogen-bond acceptors (Lipinski definition) is 2. The molecule has 0 unspecified atom stereocenters. The molecular weight excluding hydrogens is 85.7 g/mol. The van der Waals surface area contributed by atoms with Gasteiger partial charge in [-0.05, 0) is 19.5 Å². The lowest BCUT2D eigenvalue weighted by atomic mass is 10.3. The van der Waals surface area contributed by atoms with Crippen molar-refractivity contribution in [2.45, 2.75) is 6.42 Å². The fraction of sp³-hybridized carbons (Fsp3) is 1.00. The summed E-state index contributed by atoms with van der Waals surface area (Å²) in [5.41, 5.74) is 0. The van der Waals surface area contributed by atoms with Crippen LogP contribution in [0.3, 0.4) is 0 Å². The minimum Gasteiger partial charge on any atom is -0.366 e. The van der Waals surface area contributed by atoms with Gasteiger partial charge in [0.1, 0.15) is 0 Å². The van der Waals surface area contributed by atoms with Crippen molar-refractivity contribution in [2.75, 3.05) is 13.1 Å². The maximum Gasteiger partial charge on any atom is 0.177 e. The Bertz CT molecular complexity index is 30.1. The van der Waals surface area contributed by atoms with Gasteiger partial charge in [-0.2, -0.15) is 0 Å². The molecule has 0 aliphatic carbocycles. The second-order valence-corrected chi connectivity index (χ2v) is 1.26. The molecule has 0 aromatic heterocycles. The molecule has 4 radical (unpaired) electrons. The fourth-order valence-corrected chi connectivity index (χ4v) is 0.293. The summed E-state index contributed by atoms with van der Waals surface area (Å²) in [6, 6.07) is 0. The lowest BCUT2D eigenvalue weighted by Crippen LogP contribution is -2.17. The molecule has 0 heterocycles. The van der Waals surface area contributed by atoms with E-state index < -0.39 is 0 Å². The fourth-order valence-electron chi connectivity index (χ4n) is 0.293. The second kappa shape index (κ2) is 6.05. The molecular formula is C3H8B2N2. The average molecular weight is 93.7 g/mol. The van der Waals surface area contributed by atoms with Crippen LogP contribution < -0.4 is 10.5 Å². The average Bonchev–Trinajstić information content (AvgIpc) is 1.69. The minimum atomic E-state index is 0.810. The van der Waals surface area contributed by atoms with Gasteiger partial charge in [-0.1, -0.05) is 0 Å². The predicted octanol–water partition coefficient (Wildman–Crippen LogP) is -1.28. The van der Waals surface area contributed by atoms with Crippen molar-refractivity contribution in [1.82, 2.24) is 10.5 Å². The summed E-state index contributed by atoms with van der Waals surface area (Å²) >= 11 is 0. The zero-order valence-corrected chi connectivity index (χ0v) is 4.28. The summed E-state index contributed by atoms with van der Waals surface area (Å²) in [6.07, 6.45) is 0.965. The molecule has 36 valence electrons. The Hall–Kier alpha value is 0.0499. The van der Waals surface area contributed by atoms with Crippen molar-refractivity contribution in [1.29, 1.82) is 0 Å². The van der Waals surface area contributed by atoms with E-state index in [1.54, 1.807) is 0 Å². The highest BCUT2D eigenvalue weighted by Gasteiger charge is 1.77. The molecule has 0 aromatic rings. The number of hydrogen-bond donors (Lipinski definition) is 2. The molecule has 0 aromatic carbocycles. The van der Waals surface area contributed by atoms with E-state index in [0.29, 0.717) is 0 Å². The summed E-state index contributed by atoms with van der Waals surface area (Å²) in [5.74, 6) is 0. The molecule has 0 spiro atoms. The van der Waals surface area contributed by atoms with Gasteiger partial charge in [0.15, 0.2) is 16.0 Å². The van der Waals surface area contributed by atoms with Gasteiger partial charge in [-0.15, -0.1) is 0 Å². The van der Waals surface area contributed by atoms with E-state index >= 15 is 0 Å². The topological polar surface area (TPSA) is 24.1 Å². The van der Waals surface area contributed by atoms with E-state index in [9.17, 15) is 0 Å². The first kappa shape index (κ1) is 7.05. The molecule has 0 saturated carbocycles. The van der Waals surface area contributed by atoms with Crippen molar-refractivity contribution in [3.63, 3.8) is 0 Å². The predicted molar refractivity (Wildman–Crippen MR) is 32.1 cm³/mol. The van der Waals surface area contributed by atoms with E-state index in [1.165, 1.54) is 0 Å². The molecule has 0 atom stereocenters. The molecule has 0 aliphatic heterocycles. The van der Waals surface area contributed by atoms with Crippen LogP contribution in [0.15, 0.2) is 0 Å². The molecule has 0 rings (SSSR count). The third-order valence-corrected chi connectivity index (χ3v) is 0.642. The van der Waals surface area contributed by atoms with Gasteiger partial charge in [0.05, 0.1) is 0 Å². The number of rotatable bonds is 4. The first-order valence-corrected chi connectivity index (χ1v) is 2.28. The first-order chi connectivity index (χ1) is 3.41. The van der Waals surface area contributed by atoms with Crippen LogP contribution in [-0.2, 0) is 0 Å². The molecule has 2 nitrogen and oxygen atoms in total. The molecule has 7 heavy (non-hydrogen) atoms. The first-order valence-electron chi connectivity index (χ1n) is 2.28. The van der Waals surface area contributed by atoms with Crippen molar-refractivity contribution < 1.29 is 0 Å². The van der Waals surface area contributed by atoms with Crippen LogP contribution >= 0.6 is 0 Å². The molecule has 4 heteroatoms. The third-order valence-electron chi connectivity index (χ3n) is 0.642. The molecule has 2 N–H and O–H groups in total. The van der Waals surface area contributed by atoms with Crippen LogP contribution in [-0.4, -0.2) is 29.1 Å². The van der Waals surface area contributed by atoms with Gasteiger partial charge < -0.3 is 10.5 Å². The SMILES string of the molecule is [B]NCCCN[B]. The molecule has 0 bridgehead atoms. The standard InChI is InChI=1S/C3H8B2N2/c4-6-2-1-3-7-5/h6-7H,1-3H2. The minimum absolute atomic E-state index is 0.810. The lowest BCUT2D eigenvalue weighted by molar-refractivity contribution is 0.770. The lowest BCUT2D eigenvalue weighted by Gasteiger charge is -1.95. The Morgan fingerprint density at radius 1 is 1.00 bits per heavy atom. The van der Waals surface area contributed by atoms with Gasteiger partial charge in [-0.3, -0.25) is 0 Å². The van der Waals surface area contributed by atoms with Crippen LogP contribution in [0.1, 0.15) is 6.42 Å². The Kier molecular flexibility index (Phi) is 6.09. The third kappa shape index (κ3) is 6.05. The van der Waals surface area contributed by atoms with Crippen LogP contribution in [0, 0.1) is 0 Å². The molecule has 0 amide bonds. The van der Waals surface area contributed by atoms with Crippen LogP contribution in [0.4, 0.5) is 0 Å². The van der Waals surface area contributed by atoms with Crippen LogP contribution in [0.2, 0.25) is 0 Å². The van der Waals surface area contributed by atoms with Gasteiger partial charge in [0, 0.05) is 0 Å². The van der Waals surface area contributed by atoms with E-state index in [1.807, 2.05) is 0 Å². The molecule has 0 saturated heterocycles. The highest BCUT2D eigenvalue weighted by Crippen LogP contribution is 1.66. The van der Waals surface area contributed by atoms with Gasteiger partial charge >= 0.3 is 0 Å². The summed E-state index contributed by atoms with van der Waals surface area (Å²) in [6.45, 7) is 1.62. The Balaban J connectivity index is 2.45. The smallest absolute Gasteiger partial charge is 0.177 e. The van der Waals surface area contributed by atoms with E-state index in [4.69, 9.17) is 16.0 Å². The summed E-state index contributed by atoms with van der Waals surface area (Å²) in [5, 5.41) is 5.01. The van der Waals surface area contributed by atoms with Crippen LogP contribution in [0.5, 0.6) is 0 Å². The van der Waals surface area contributed by atoms with Crippen molar-refractivity contribution in [2.24, 2.45) is 0 Å². The maximum absolute atomic E-state index is 4.95. The van der Waals surface area contributed by atoms with Crippen molar-refractivity contribution >= 4 is 16.0 Å². The van der Waals surface area contributed by atoms with E-state index in [0.717, 1.165) is 19.5 Å². The monoisotopic (exact) mass is 94.1 g/mol. The van der Waals surface area contributed by atoms with Gasteiger partial charge in [0.2, 0.25) is 0 Å². The molecule has 0 aliphatic rings. The van der Waals surface area contributed by atoms with Gasteiger partial charge in [0.25, 0.3) is 0 Å². The molecule has 0 fully saturated rings. The second-order valence-electron chi connectivity index (χ2n) is 1.26. The van der Waals surface area contributed by atoms with Crippen molar-refractivity contribution in [3.05, 3.63) is 0 Å². The highest BCUT2D eigenvalue weighted by atomic mass is 14.8. The quantitative estimate of drug-likeness (QED) is 0.335. The van der Waals surface area contributed by atoms with E-state index in [-0.39, 0.29) is 0 Å². The Labute approximate surface area is 46.9 Å². The van der Waals surface area contributed by atoms with E-state index in [2.05, 4.69) is 10.5 Å². The zero-order valence-electron chi connectivity index (χ0n) is 4.28. The Morgan fingerprint density at radius 2 is 1.43 bits per heavy atom. The summed E-state index contributed by atoms with van der Waals surface area (Å²) in [7, 11) is 9.90. The highest BCUT2D eigenvalue weighted by molar-refractivity contribution is 6.04. The largest absolute Gasteiger partial charge is 0.366 e. The number of nitrogens with one attached hydrogen (secondary N) is 2. The van der Waals surface area contributed by atoms with Gasteiger partial charge in [-0.25, -0.2) is 0 Å². The summed E-state index contributed by atoms with van der Waals surface area (Å²) < 4.78 is 0. The van der Waals surface area contributed by atoms with Crippen LogP contribution in [0.25, 0.3) is 0 Å². The summed E-state index contributed by atoms with van der Waals surface area (Å²) in [4.78, 5) is 0.